The number of unbranched alkanes of at least 4 members (excludes halogenated alkanes) is 10. The molecule has 2 aliphatic rings. The van der Waals surface area contributed by atoms with Crippen molar-refractivity contribution in [1.29, 1.82) is 0 Å². The summed E-state index contributed by atoms with van der Waals surface area (Å²) in [6.45, 7) is 4.62. The molecule has 2 saturated heterocycles. The number of hydrogen-bond acceptors (Lipinski definition) is 6. The highest BCUT2D eigenvalue weighted by Gasteiger charge is 2.53. The van der Waals surface area contributed by atoms with Gasteiger partial charge in [0.2, 0.25) is 11.8 Å². The maximum Gasteiger partial charge on any atom is 0.305 e. The summed E-state index contributed by atoms with van der Waals surface area (Å²) in [6, 6.07) is -0.508. The first-order chi connectivity index (χ1) is 17.3. The predicted octanol–water partition coefficient (Wildman–Crippen LogP) is 4.94. The Kier molecular flexibility index (Phi) is 19.8. The molecule has 0 aromatic carbocycles. The van der Waals surface area contributed by atoms with Crippen LogP contribution in [0, 0.1) is 0 Å². The Morgan fingerprint density at radius 2 is 1.53 bits per heavy atom. The number of nitrogens with zero attached hydrogens (tertiary/aromatic N) is 2. The number of aliphatic carboxylic acids is 1. The molecule has 8 nitrogen and oxygen atoms in total. The van der Waals surface area contributed by atoms with Crippen molar-refractivity contribution < 1.29 is 19.5 Å². The van der Waals surface area contributed by atoms with Crippen LogP contribution in [0.1, 0.15) is 110 Å². The van der Waals surface area contributed by atoms with E-state index >= 15 is 0 Å². The second kappa shape index (κ2) is 20.2. The average Bonchev–Trinajstić information content (AvgIpc) is 3.09. The molecule has 0 saturated carbocycles. The van der Waals surface area contributed by atoms with Gasteiger partial charge in [-0.15, -0.1) is 36.6 Å². The molecule has 2 fully saturated rings. The first kappa shape index (κ1) is 37.3. The third-order valence-electron chi connectivity index (χ3n) is 7.63. The van der Waals surface area contributed by atoms with Gasteiger partial charge in [0.25, 0.3) is 0 Å². The Bertz CT molecular complexity index is 696. The average molecular weight is 600 g/mol. The third-order valence-corrected chi connectivity index (χ3v) is 9.35. The van der Waals surface area contributed by atoms with Gasteiger partial charge in [-0.25, -0.2) is 0 Å². The van der Waals surface area contributed by atoms with Crippen molar-refractivity contribution in [2.24, 2.45) is 11.5 Å². The predicted molar refractivity (Wildman–Crippen MR) is 161 cm³/mol. The van der Waals surface area contributed by atoms with Gasteiger partial charge in [0, 0.05) is 19.6 Å². The minimum absolute atomic E-state index is 0. The Hall–Kier alpha value is -0.740. The van der Waals surface area contributed by atoms with Crippen LogP contribution in [0.25, 0.3) is 0 Å². The van der Waals surface area contributed by atoms with E-state index in [0.29, 0.717) is 45.4 Å². The molecule has 2 rings (SSSR count). The molecule has 0 aromatic heterocycles. The smallest absolute Gasteiger partial charge is 0.305 e. The topological polar surface area (TPSA) is 130 Å². The van der Waals surface area contributed by atoms with Crippen LogP contribution < -0.4 is 11.5 Å². The number of amides is 2. The molecule has 0 radical (unpaired) electrons. The van der Waals surface area contributed by atoms with Crippen molar-refractivity contribution in [1.82, 2.24) is 9.80 Å². The Balaban J connectivity index is 0.00000684. The van der Waals surface area contributed by atoms with Gasteiger partial charge in [0.15, 0.2) is 0 Å². The van der Waals surface area contributed by atoms with Gasteiger partial charge >= 0.3 is 5.97 Å². The summed E-state index contributed by atoms with van der Waals surface area (Å²) in [6.07, 6.45) is 15.9. The molecule has 38 heavy (non-hydrogen) atoms. The van der Waals surface area contributed by atoms with Crippen molar-refractivity contribution in [3.05, 3.63) is 0 Å². The number of carboxylic acid groups (broad SMARTS) is 1. The number of piperidine rings is 1. The van der Waals surface area contributed by atoms with Crippen molar-refractivity contribution in [2.45, 2.75) is 126 Å². The third kappa shape index (κ3) is 11.8. The molecule has 2 atom stereocenters. The lowest BCUT2D eigenvalue weighted by Crippen LogP contribution is -2.55. The van der Waals surface area contributed by atoms with Crippen molar-refractivity contribution in [2.75, 3.05) is 26.2 Å². The van der Waals surface area contributed by atoms with Crippen LogP contribution in [0.4, 0.5) is 0 Å². The van der Waals surface area contributed by atoms with Crippen molar-refractivity contribution in [3.63, 3.8) is 0 Å². The minimum atomic E-state index is -0.937. The largest absolute Gasteiger partial charge is 0.481 e. The summed E-state index contributed by atoms with van der Waals surface area (Å²) in [5.74, 6) is -1.01. The van der Waals surface area contributed by atoms with E-state index in [-0.39, 0.29) is 43.0 Å². The first-order valence-corrected chi connectivity index (χ1v) is 15.2. The van der Waals surface area contributed by atoms with E-state index in [2.05, 4.69) is 6.92 Å². The van der Waals surface area contributed by atoms with E-state index in [1.807, 2.05) is 9.80 Å². The van der Waals surface area contributed by atoms with E-state index in [9.17, 15) is 19.5 Å². The van der Waals surface area contributed by atoms with Gasteiger partial charge in [0.1, 0.15) is 0 Å². The highest BCUT2D eigenvalue weighted by Crippen LogP contribution is 2.49. The van der Waals surface area contributed by atoms with Crippen LogP contribution in [0.3, 0.4) is 0 Å². The van der Waals surface area contributed by atoms with Gasteiger partial charge in [-0.2, -0.15) is 0 Å². The monoisotopic (exact) mass is 598 g/mol. The molecule has 0 aromatic rings. The maximum atomic E-state index is 13.2. The second-order valence-electron chi connectivity index (χ2n) is 10.5. The lowest BCUT2D eigenvalue weighted by Gasteiger charge is -2.44. The van der Waals surface area contributed by atoms with Crippen LogP contribution in [-0.2, 0) is 14.4 Å². The van der Waals surface area contributed by atoms with Gasteiger partial charge < -0.3 is 26.4 Å². The number of carbonyl (C=O) groups is 3. The summed E-state index contributed by atoms with van der Waals surface area (Å²) < 4.78 is 0. The number of rotatable bonds is 18. The first-order valence-electron chi connectivity index (χ1n) is 14.3. The fourth-order valence-corrected chi connectivity index (χ4v) is 7.15. The molecule has 2 unspecified atom stereocenters. The summed E-state index contributed by atoms with van der Waals surface area (Å²) in [5.41, 5.74) is 11.7. The molecule has 2 heterocycles. The molecular formula is C27H52Cl2N4O4S. The van der Waals surface area contributed by atoms with Crippen molar-refractivity contribution >= 4 is 54.4 Å². The van der Waals surface area contributed by atoms with Crippen LogP contribution in [-0.4, -0.2) is 75.0 Å². The Morgan fingerprint density at radius 3 is 2.05 bits per heavy atom. The number of carbonyl (C=O) groups excluding carboxylic acids is 2. The number of carboxylic acids is 1. The normalized spacial score (nSPS) is 19.2. The van der Waals surface area contributed by atoms with Crippen LogP contribution in [0.5, 0.6) is 0 Å². The van der Waals surface area contributed by atoms with E-state index < -0.39 is 22.1 Å². The zero-order chi connectivity index (χ0) is 26.4. The summed E-state index contributed by atoms with van der Waals surface area (Å²) in [5, 5.41) is 8.80. The van der Waals surface area contributed by atoms with Crippen LogP contribution in [0.15, 0.2) is 0 Å². The molecule has 0 bridgehead atoms. The van der Waals surface area contributed by atoms with Gasteiger partial charge in [0.05, 0.1) is 22.6 Å². The van der Waals surface area contributed by atoms with E-state index in [0.717, 1.165) is 25.7 Å². The Labute approximate surface area is 246 Å². The minimum Gasteiger partial charge on any atom is -0.481 e. The fourth-order valence-electron chi connectivity index (χ4n) is 5.44. The van der Waals surface area contributed by atoms with Gasteiger partial charge in [-0.3, -0.25) is 14.4 Å². The fraction of sp³-hybridized carbons (Fsp3) is 0.889. The molecule has 2 amide bonds. The number of halogens is 2. The van der Waals surface area contributed by atoms with Crippen LogP contribution >= 0.6 is 36.6 Å². The number of hydrogen-bond donors (Lipinski definition) is 3. The number of nitrogens with two attached hydrogens (primary N) is 2. The highest BCUT2D eigenvalue weighted by atomic mass is 35.5. The molecule has 2 aliphatic heterocycles. The standard InChI is InChI=1S/C27H50N4O4S.2ClH/c1-2-3-4-5-6-7-8-9-10-13-18-31-26(35)23(21-24(32)33)36-27(31)15-19-30(20-16-27)25(34)22(29)14-11-12-17-28;;/h22-23H,2-21,28-29H2,1H3,(H,32,33);2*1H. The quantitative estimate of drug-likeness (QED) is 0.190. The van der Waals surface area contributed by atoms with Gasteiger partial charge in [-0.05, 0) is 38.6 Å². The van der Waals surface area contributed by atoms with E-state index in [1.165, 1.54) is 63.1 Å². The summed E-state index contributed by atoms with van der Waals surface area (Å²) >= 11 is 1.51. The number of likely N-dealkylation sites (tertiary alicyclic amines) is 1. The zero-order valence-corrected chi connectivity index (χ0v) is 25.7. The van der Waals surface area contributed by atoms with Gasteiger partial charge in [-0.1, -0.05) is 71.1 Å². The van der Waals surface area contributed by atoms with Crippen molar-refractivity contribution in [3.8, 4) is 0 Å². The lowest BCUT2D eigenvalue weighted by atomic mass is 9.99. The molecule has 1 spiro atoms. The molecular weight excluding hydrogens is 547 g/mol. The maximum absolute atomic E-state index is 13.2. The lowest BCUT2D eigenvalue weighted by molar-refractivity contribution is -0.141. The van der Waals surface area contributed by atoms with E-state index in [1.54, 1.807) is 0 Å². The van der Waals surface area contributed by atoms with Crippen LogP contribution in [0.2, 0.25) is 0 Å². The highest BCUT2D eigenvalue weighted by molar-refractivity contribution is 8.02. The molecule has 5 N–H and O–H groups in total. The zero-order valence-electron chi connectivity index (χ0n) is 23.2. The molecule has 0 aliphatic carbocycles. The number of thioether (sulfide) groups is 1. The summed E-state index contributed by atoms with van der Waals surface area (Å²) in [7, 11) is 0. The van der Waals surface area contributed by atoms with E-state index in [4.69, 9.17) is 11.5 Å². The molecule has 11 heteroatoms. The SMILES string of the molecule is CCCCCCCCCCCCN1C(=O)C(CC(=O)O)SC12CCN(C(=O)C(N)CCCCN)CC2.Cl.Cl. The molecule has 224 valence electrons. The second-order valence-corrected chi connectivity index (χ2v) is 12.1. The Morgan fingerprint density at radius 1 is 0.974 bits per heavy atom. The summed E-state index contributed by atoms with van der Waals surface area (Å²) in [4.78, 5) is 40.8.